The van der Waals surface area contributed by atoms with Crippen LogP contribution >= 0.6 is 0 Å². The average Bonchev–Trinajstić information content (AvgIpc) is 3.04. The van der Waals surface area contributed by atoms with E-state index in [4.69, 9.17) is 0 Å². The Labute approximate surface area is 128 Å². The molecule has 1 aromatic rings. The maximum absolute atomic E-state index is 4.48. The fraction of sp³-hybridized carbons (Fsp3) is 0.882. The Morgan fingerprint density at radius 1 is 1.10 bits per heavy atom. The van der Waals surface area contributed by atoms with Crippen LogP contribution in [0.2, 0.25) is 0 Å². The quantitative estimate of drug-likeness (QED) is 0.828. The number of rotatable bonds is 5. The first-order valence-corrected chi connectivity index (χ1v) is 9.01. The van der Waals surface area contributed by atoms with Gasteiger partial charge in [-0.15, -0.1) is 5.10 Å². The number of aromatic nitrogens is 3. The molecule has 2 heterocycles. The fourth-order valence-corrected chi connectivity index (χ4v) is 3.84. The van der Waals surface area contributed by atoms with Gasteiger partial charge in [0.2, 0.25) is 0 Å². The molecule has 118 valence electrons. The summed E-state index contributed by atoms with van der Waals surface area (Å²) >= 11 is 0. The Balaban J connectivity index is 1.52. The number of hydrogen-bond acceptors (Lipinski definition) is 3. The van der Waals surface area contributed by atoms with Gasteiger partial charge in [-0.1, -0.05) is 37.8 Å². The van der Waals surface area contributed by atoms with E-state index in [9.17, 15) is 0 Å². The van der Waals surface area contributed by atoms with Crippen LogP contribution in [-0.2, 0) is 0 Å². The molecule has 1 saturated carbocycles. The van der Waals surface area contributed by atoms with E-state index in [0.29, 0.717) is 12.0 Å². The second kappa shape index (κ2) is 7.39. The first-order chi connectivity index (χ1) is 10.4. The third kappa shape index (κ3) is 3.85. The van der Waals surface area contributed by atoms with Crippen molar-refractivity contribution < 1.29 is 0 Å². The largest absolute Gasteiger partial charge is 0.303 e. The van der Waals surface area contributed by atoms with Crippen LogP contribution in [0.4, 0.5) is 0 Å². The maximum atomic E-state index is 4.48. The minimum atomic E-state index is 0.577. The third-order valence-corrected chi connectivity index (χ3v) is 5.31. The molecule has 0 radical (unpaired) electrons. The number of hydrogen-bond donors (Lipinski definition) is 0. The molecule has 1 aliphatic heterocycles. The average molecular weight is 290 g/mol. The molecule has 3 rings (SSSR count). The zero-order chi connectivity index (χ0) is 14.5. The van der Waals surface area contributed by atoms with Crippen molar-refractivity contribution in [3.05, 3.63) is 11.9 Å². The van der Waals surface area contributed by atoms with E-state index in [-0.39, 0.29) is 0 Å². The second-order valence-corrected chi connectivity index (χ2v) is 6.88. The highest BCUT2D eigenvalue weighted by Crippen LogP contribution is 2.32. The Hall–Kier alpha value is -0.900. The molecule has 0 atom stereocenters. The van der Waals surface area contributed by atoms with Crippen molar-refractivity contribution in [1.29, 1.82) is 0 Å². The van der Waals surface area contributed by atoms with Crippen molar-refractivity contribution in [2.24, 2.45) is 0 Å². The van der Waals surface area contributed by atoms with Crippen LogP contribution in [0.5, 0.6) is 0 Å². The van der Waals surface area contributed by atoms with Gasteiger partial charge in [0.05, 0.1) is 11.7 Å². The fourth-order valence-electron chi connectivity index (χ4n) is 3.84. The van der Waals surface area contributed by atoms with Gasteiger partial charge in [0.1, 0.15) is 0 Å². The van der Waals surface area contributed by atoms with Gasteiger partial charge >= 0.3 is 0 Å². The summed E-state index contributed by atoms with van der Waals surface area (Å²) in [7, 11) is 0. The van der Waals surface area contributed by atoms with Gasteiger partial charge in [0.15, 0.2) is 0 Å². The number of likely N-dealkylation sites (tertiary alicyclic amines) is 1. The number of piperidine rings is 1. The lowest BCUT2D eigenvalue weighted by Gasteiger charge is -2.31. The van der Waals surface area contributed by atoms with E-state index in [1.807, 2.05) is 0 Å². The van der Waals surface area contributed by atoms with Crippen molar-refractivity contribution in [2.75, 3.05) is 19.6 Å². The molecule has 0 amide bonds. The lowest BCUT2D eigenvalue weighted by Crippen LogP contribution is -2.35. The van der Waals surface area contributed by atoms with Gasteiger partial charge in [-0.25, -0.2) is 4.68 Å². The summed E-state index contributed by atoms with van der Waals surface area (Å²) in [6.45, 7) is 6.00. The Bertz CT molecular complexity index is 414. The van der Waals surface area contributed by atoms with E-state index in [1.54, 1.807) is 0 Å². The highest BCUT2D eigenvalue weighted by molar-refractivity contribution is 5.03. The van der Waals surface area contributed by atoms with Crippen molar-refractivity contribution in [1.82, 2.24) is 19.9 Å². The summed E-state index contributed by atoms with van der Waals surface area (Å²) in [6.07, 6.45) is 14.1. The molecule has 4 nitrogen and oxygen atoms in total. The number of nitrogens with zero attached hydrogens (tertiary/aromatic N) is 4. The van der Waals surface area contributed by atoms with Crippen molar-refractivity contribution in [2.45, 2.75) is 76.7 Å². The summed E-state index contributed by atoms with van der Waals surface area (Å²) in [5, 5.41) is 8.93. The third-order valence-electron chi connectivity index (χ3n) is 5.31. The number of unbranched alkanes of at least 4 members (excludes halogenated alkanes) is 1. The summed E-state index contributed by atoms with van der Waals surface area (Å²) in [6, 6.07) is 0.577. The molecule has 1 aliphatic carbocycles. The van der Waals surface area contributed by atoms with Crippen LogP contribution in [-0.4, -0.2) is 39.5 Å². The van der Waals surface area contributed by atoms with Gasteiger partial charge in [-0.05, 0) is 38.6 Å². The molecule has 1 aromatic heterocycles. The molecule has 0 spiro atoms. The molecule has 0 N–H and O–H groups in total. The lowest BCUT2D eigenvalue weighted by molar-refractivity contribution is 0.177. The van der Waals surface area contributed by atoms with Gasteiger partial charge < -0.3 is 4.90 Å². The first-order valence-electron chi connectivity index (χ1n) is 9.01. The SMILES string of the molecule is CCCCN1CCC(n2cc(C3CCCCC3)nn2)CC1. The van der Waals surface area contributed by atoms with Crippen LogP contribution in [0, 0.1) is 0 Å². The molecular weight excluding hydrogens is 260 g/mol. The topological polar surface area (TPSA) is 34.0 Å². The molecule has 0 bridgehead atoms. The van der Waals surface area contributed by atoms with E-state index < -0.39 is 0 Å². The zero-order valence-electron chi connectivity index (χ0n) is 13.5. The van der Waals surface area contributed by atoms with Crippen LogP contribution in [0.25, 0.3) is 0 Å². The summed E-state index contributed by atoms with van der Waals surface area (Å²) in [5.74, 6) is 0.678. The second-order valence-electron chi connectivity index (χ2n) is 6.88. The van der Waals surface area contributed by atoms with E-state index in [2.05, 4.69) is 33.0 Å². The van der Waals surface area contributed by atoms with Gasteiger partial charge in [-0.3, -0.25) is 0 Å². The monoisotopic (exact) mass is 290 g/mol. The smallest absolute Gasteiger partial charge is 0.0858 e. The summed E-state index contributed by atoms with van der Waals surface area (Å²) in [4.78, 5) is 2.61. The zero-order valence-corrected chi connectivity index (χ0v) is 13.5. The van der Waals surface area contributed by atoms with E-state index in [0.717, 1.165) is 0 Å². The molecular formula is C17H30N4. The van der Waals surface area contributed by atoms with Crippen LogP contribution in [0.1, 0.15) is 82.4 Å². The molecule has 1 saturated heterocycles. The van der Waals surface area contributed by atoms with Crippen LogP contribution in [0.3, 0.4) is 0 Å². The molecule has 4 heteroatoms. The van der Waals surface area contributed by atoms with Gasteiger partial charge in [0, 0.05) is 25.2 Å². The predicted molar refractivity (Wildman–Crippen MR) is 85.5 cm³/mol. The maximum Gasteiger partial charge on any atom is 0.0858 e. The molecule has 2 fully saturated rings. The Morgan fingerprint density at radius 2 is 1.86 bits per heavy atom. The van der Waals surface area contributed by atoms with Crippen LogP contribution < -0.4 is 0 Å². The highest BCUT2D eigenvalue weighted by atomic mass is 15.4. The minimum absolute atomic E-state index is 0.577. The highest BCUT2D eigenvalue weighted by Gasteiger charge is 2.23. The molecule has 0 unspecified atom stereocenters. The molecule has 0 aromatic carbocycles. The lowest BCUT2D eigenvalue weighted by atomic mass is 9.87. The summed E-state index contributed by atoms with van der Waals surface area (Å²) < 4.78 is 2.17. The first kappa shape index (κ1) is 15.0. The molecule has 2 aliphatic rings. The van der Waals surface area contributed by atoms with Crippen molar-refractivity contribution >= 4 is 0 Å². The van der Waals surface area contributed by atoms with Gasteiger partial charge in [0.25, 0.3) is 0 Å². The predicted octanol–water partition coefficient (Wildman–Crippen LogP) is 3.76. The van der Waals surface area contributed by atoms with E-state index >= 15 is 0 Å². The summed E-state index contributed by atoms with van der Waals surface area (Å²) in [5.41, 5.74) is 1.25. The standard InChI is InChI=1S/C17H30N4/c1-2-3-11-20-12-9-16(10-13-20)21-14-17(18-19-21)15-7-5-4-6-8-15/h14-16H,2-13H2,1H3. The minimum Gasteiger partial charge on any atom is -0.303 e. The van der Waals surface area contributed by atoms with Crippen molar-refractivity contribution in [3.8, 4) is 0 Å². The Kier molecular flexibility index (Phi) is 5.28. The Morgan fingerprint density at radius 3 is 2.57 bits per heavy atom. The normalized spacial score (nSPS) is 22.7. The molecule has 21 heavy (non-hydrogen) atoms. The van der Waals surface area contributed by atoms with E-state index in [1.165, 1.54) is 83.1 Å². The van der Waals surface area contributed by atoms with Crippen LogP contribution in [0.15, 0.2) is 6.20 Å². The van der Waals surface area contributed by atoms with Gasteiger partial charge in [-0.2, -0.15) is 0 Å². The van der Waals surface area contributed by atoms with Crippen molar-refractivity contribution in [3.63, 3.8) is 0 Å².